The molecule has 0 saturated carbocycles. The predicted octanol–water partition coefficient (Wildman–Crippen LogP) is -0.697. The molecule has 1 saturated heterocycles. The number of H-pyrrole nitrogens is 1. The molecule has 136 valence electrons. The van der Waals surface area contributed by atoms with Crippen LogP contribution in [0.15, 0.2) is 11.1 Å². The van der Waals surface area contributed by atoms with E-state index in [2.05, 4.69) is 20.3 Å². The largest absolute Gasteiger partial charge is 0.394 e. The summed E-state index contributed by atoms with van der Waals surface area (Å²) in [7, 11) is 0. The number of carbonyl (C=O) groups is 1. The Morgan fingerprint density at radius 3 is 2.88 bits per heavy atom. The third kappa shape index (κ3) is 3.01. The second-order valence-corrected chi connectivity index (χ2v) is 6.07. The van der Waals surface area contributed by atoms with E-state index in [0.717, 1.165) is 0 Å². The first kappa shape index (κ1) is 17.5. The van der Waals surface area contributed by atoms with Crippen LogP contribution in [0.3, 0.4) is 0 Å². The Hall–Kier alpha value is -2.37. The number of hydrogen-bond acceptors (Lipinski definition) is 7. The molecule has 0 aromatic carbocycles. The fourth-order valence-corrected chi connectivity index (χ4v) is 2.52. The number of anilines is 1. The quantitative estimate of drug-likeness (QED) is 0.568. The van der Waals surface area contributed by atoms with Gasteiger partial charge in [0.2, 0.25) is 11.9 Å². The van der Waals surface area contributed by atoms with E-state index in [0.29, 0.717) is 0 Å². The third-order valence-electron chi connectivity index (χ3n) is 3.94. The van der Waals surface area contributed by atoms with Gasteiger partial charge < -0.3 is 14.9 Å². The van der Waals surface area contributed by atoms with Gasteiger partial charge in [-0.15, -0.1) is 0 Å². The summed E-state index contributed by atoms with van der Waals surface area (Å²) in [4.78, 5) is 34.3. The maximum Gasteiger partial charge on any atom is 0.280 e. The van der Waals surface area contributed by atoms with Crippen molar-refractivity contribution in [3.8, 4) is 0 Å². The number of aromatic amines is 1. The summed E-state index contributed by atoms with van der Waals surface area (Å²) >= 11 is 0. The number of nitrogens with zero attached hydrogens (tertiary/aromatic N) is 3. The number of nitrogens with one attached hydrogen (secondary N) is 2. The van der Waals surface area contributed by atoms with Gasteiger partial charge in [-0.1, -0.05) is 13.8 Å². The lowest BCUT2D eigenvalue weighted by Gasteiger charge is -2.16. The highest BCUT2D eigenvalue weighted by Crippen LogP contribution is 2.32. The van der Waals surface area contributed by atoms with E-state index in [1.165, 1.54) is 10.9 Å². The van der Waals surface area contributed by atoms with E-state index in [9.17, 15) is 19.1 Å². The summed E-state index contributed by atoms with van der Waals surface area (Å²) in [6, 6.07) is 0. The number of imidazole rings is 1. The molecule has 3 heterocycles. The number of fused-ring (bicyclic) bond motifs is 1. The predicted molar refractivity (Wildman–Crippen MR) is 83.5 cm³/mol. The third-order valence-corrected chi connectivity index (χ3v) is 3.94. The van der Waals surface area contributed by atoms with Crippen molar-refractivity contribution < 1.29 is 24.1 Å². The molecule has 4 N–H and O–H groups in total. The van der Waals surface area contributed by atoms with Gasteiger partial charge in [-0.2, -0.15) is 4.98 Å². The van der Waals surface area contributed by atoms with Crippen molar-refractivity contribution in [2.75, 3.05) is 11.9 Å². The van der Waals surface area contributed by atoms with Gasteiger partial charge in [-0.05, 0) is 0 Å². The fraction of sp³-hybridized carbons (Fsp3) is 0.571. The standard InChI is InChI=1S/C14H18FN5O5/c1-5(2)11(23)18-14-17-10-8(12(24)19-14)16-4-20(10)13-9(22)7(15)6(3-21)25-13/h4-7,9,13,21-22H,3H2,1-2H3,(H2,17,18,19,23,24)/t6-,7?,9+,13-/m1/s1. The van der Waals surface area contributed by atoms with Crippen molar-refractivity contribution in [2.24, 2.45) is 5.92 Å². The second kappa shape index (κ2) is 6.50. The molecule has 0 aliphatic carbocycles. The Balaban J connectivity index is 2.01. The Morgan fingerprint density at radius 2 is 2.28 bits per heavy atom. The lowest BCUT2D eigenvalue weighted by atomic mass is 10.1. The number of halogens is 1. The van der Waals surface area contributed by atoms with Crippen LogP contribution in [-0.2, 0) is 9.53 Å². The Labute approximate surface area is 140 Å². The molecule has 4 atom stereocenters. The molecule has 1 fully saturated rings. The van der Waals surface area contributed by atoms with Crippen LogP contribution in [0.5, 0.6) is 0 Å². The van der Waals surface area contributed by atoms with E-state index in [1.54, 1.807) is 13.8 Å². The Morgan fingerprint density at radius 1 is 1.56 bits per heavy atom. The number of aliphatic hydroxyl groups excluding tert-OH is 2. The van der Waals surface area contributed by atoms with Crippen LogP contribution in [0.2, 0.25) is 0 Å². The van der Waals surface area contributed by atoms with Gasteiger partial charge in [-0.3, -0.25) is 24.5 Å². The van der Waals surface area contributed by atoms with E-state index in [-0.39, 0.29) is 28.9 Å². The molecule has 0 bridgehead atoms. The molecule has 1 amide bonds. The normalized spacial score (nSPS) is 26.5. The van der Waals surface area contributed by atoms with Crippen LogP contribution in [0.25, 0.3) is 11.2 Å². The molecule has 2 aromatic heterocycles. The average Bonchev–Trinajstić information content (AvgIpc) is 3.10. The van der Waals surface area contributed by atoms with Crippen molar-refractivity contribution in [1.29, 1.82) is 0 Å². The minimum atomic E-state index is -1.80. The maximum atomic E-state index is 13.9. The zero-order valence-electron chi connectivity index (χ0n) is 13.5. The Kier molecular flexibility index (Phi) is 4.54. The fourth-order valence-electron chi connectivity index (χ4n) is 2.52. The topological polar surface area (TPSA) is 142 Å². The van der Waals surface area contributed by atoms with Gasteiger partial charge in [-0.25, -0.2) is 9.37 Å². The molecule has 0 radical (unpaired) electrons. The highest BCUT2D eigenvalue weighted by Gasteiger charge is 2.45. The first-order valence-electron chi connectivity index (χ1n) is 7.69. The molecule has 1 unspecified atom stereocenters. The smallest absolute Gasteiger partial charge is 0.280 e. The number of rotatable bonds is 4. The van der Waals surface area contributed by atoms with Crippen molar-refractivity contribution in [2.45, 2.75) is 38.5 Å². The molecule has 2 aromatic rings. The SMILES string of the molecule is CC(C)C(=O)Nc1nc2c(ncn2[C@@H]2O[C@H](CO)C(F)[C@@H]2O)c(=O)[nH]1. The van der Waals surface area contributed by atoms with E-state index in [4.69, 9.17) is 9.84 Å². The molecule has 1 aliphatic rings. The molecule has 11 heteroatoms. The molecular weight excluding hydrogens is 337 g/mol. The molecule has 1 aliphatic heterocycles. The average molecular weight is 355 g/mol. The summed E-state index contributed by atoms with van der Waals surface area (Å²) in [6.45, 7) is 2.75. The summed E-state index contributed by atoms with van der Waals surface area (Å²) in [5.41, 5.74) is -0.648. The van der Waals surface area contributed by atoms with E-state index >= 15 is 0 Å². The number of hydrogen-bond donors (Lipinski definition) is 4. The van der Waals surface area contributed by atoms with Gasteiger partial charge in [0.15, 0.2) is 23.6 Å². The van der Waals surface area contributed by atoms with E-state index in [1.807, 2.05) is 0 Å². The number of ether oxygens (including phenoxy) is 1. The van der Waals surface area contributed by atoms with Crippen LogP contribution in [0, 0.1) is 5.92 Å². The lowest BCUT2D eigenvalue weighted by molar-refractivity contribution is -0.118. The minimum absolute atomic E-state index is 0.0117. The first-order valence-corrected chi connectivity index (χ1v) is 7.69. The number of aromatic nitrogens is 4. The Bertz CT molecular complexity index is 850. The van der Waals surface area contributed by atoms with Crippen LogP contribution in [-0.4, -0.2) is 60.6 Å². The molecule has 3 rings (SSSR count). The minimum Gasteiger partial charge on any atom is -0.394 e. The first-order chi connectivity index (χ1) is 11.8. The van der Waals surface area contributed by atoms with Crippen molar-refractivity contribution in [3.05, 3.63) is 16.7 Å². The van der Waals surface area contributed by atoms with Gasteiger partial charge >= 0.3 is 0 Å². The van der Waals surface area contributed by atoms with Crippen molar-refractivity contribution in [3.63, 3.8) is 0 Å². The lowest BCUT2D eigenvalue weighted by Crippen LogP contribution is -2.29. The van der Waals surface area contributed by atoms with Crippen LogP contribution >= 0.6 is 0 Å². The zero-order chi connectivity index (χ0) is 18.3. The number of carbonyl (C=O) groups excluding carboxylic acids is 1. The summed E-state index contributed by atoms with van der Waals surface area (Å²) in [5.74, 6) is -0.778. The highest BCUT2D eigenvalue weighted by molar-refractivity contribution is 5.91. The summed E-state index contributed by atoms with van der Waals surface area (Å²) in [5, 5.41) is 21.6. The van der Waals surface area contributed by atoms with Crippen molar-refractivity contribution >= 4 is 23.0 Å². The van der Waals surface area contributed by atoms with E-state index < -0.39 is 36.8 Å². The van der Waals surface area contributed by atoms with Crippen LogP contribution < -0.4 is 10.9 Å². The zero-order valence-corrected chi connectivity index (χ0v) is 13.5. The summed E-state index contributed by atoms with van der Waals surface area (Å²) in [6.07, 6.45) is -4.58. The number of alkyl halides is 1. The second-order valence-electron chi connectivity index (χ2n) is 6.07. The van der Waals surface area contributed by atoms with Gasteiger partial charge in [0, 0.05) is 5.92 Å². The molecule has 0 spiro atoms. The summed E-state index contributed by atoms with van der Waals surface area (Å²) < 4.78 is 20.4. The monoisotopic (exact) mass is 355 g/mol. The van der Waals surface area contributed by atoms with Gasteiger partial charge in [0.25, 0.3) is 5.56 Å². The van der Waals surface area contributed by atoms with Gasteiger partial charge in [0.05, 0.1) is 12.9 Å². The molecular formula is C14H18FN5O5. The van der Waals surface area contributed by atoms with Crippen LogP contribution in [0.4, 0.5) is 10.3 Å². The highest BCUT2D eigenvalue weighted by atomic mass is 19.1. The number of amides is 1. The van der Waals surface area contributed by atoms with Crippen molar-refractivity contribution in [1.82, 2.24) is 19.5 Å². The molecule has 25 heavy (non-hydrogen) atoms. The van der Waals surface area contributed by atoms with Gasteiger partial charge in [0.1, 0.15) is 12.2 Å². The maximum absolute atomic E-state index is 13.9. The van der Waals surface area contributed by atoms with Crippen LogP contribution in [0.1, 0.15) is 20.1 Å². The molecule has 10 nitrogen and oxygen atoms in total. The number of aliphatic hydroxyl groups is 2.